The molecule has 0 fully saturated rings. The maximum Gasteiger partial charge on any atom is 0.241 e. The highest BCUT2D eigenvalue weighted by Gasteiger charge is 1.98. The maximum absolute atomic E-state index is 10.3. The molecule has 0 saturated heterocycles. The SMILES string of the molecule is Cc1occc1SC=CC(N)=O. The first-order valence-corrected chi connectivity index (χ1v) is 4.25. The van der Waals surface area contributed by atoms with Crippen molar-refractivity contribution < 1.29 is 9.21 Å². The van der Waals surface area contributed by atoms with Gasteiger partial charge in [-0.05, 0) is 18.4 Å². The Balaban J connectivity index is 2.54. The van der Waals surface area contributed by atoms with E-state index in [2.05, 4.69) is 0 Å². The second-order valence-corrected chi connectivity index (χ2v) is 3.11. The van der Waals surface area contributed by atoms with Crippen LogP contribution in [0.5, 0.6) is 0 Å². The molecular weight excluding hydrogens is 174 g/mol. The molecule has 1 aromatic rings. The number of rotatable bonds is 3. The summed E-state index contributed by atoms with van der Waals surface area (Å²) in [5.41, 5.74) is 4.91. The lowest BCUT2D eigenvalue weighted by Gasteiger charge is -1.89. The van der Waals surface area contributed by atoms with Crippen LogP contribution < -0.4 is 5.73 Å². The minimum absolute atomic E-state index is 0.441. The van der Waals surface area contributed by atoms with E-state index in [4.69, 9.17) is 10.2 Å². The van der Waals surface area contributed by atoms with E-state index in [1.807, 2.05) is 13.0 Å². The van der Waals surface area contributed by atoms with Gasteiger partial charge >= 0.3 is 0 Å². The number of furan rings is 1. The van der Waals surface area contributed by atoms with E-state index in [1.165, 1.54) is 17.8 Å². The third-order valence-electron chi connectivity index (χ3n) is 1.24. The molecular formula is C8H9NO2S. The Labute approximate surface area is 74.6 Å². The standard InChI is InChI=1S/C8H9NO2S/c1-6-7(2-4-11-6)12-5-3-8(9)10/h2-5H,1H3,(H2,9,10). The summed E-state index contributed by atoms with van der Waals surface area (Å²) < 4.78 is 5.05. The van der Waals surface area contributed by atoms with Crippen molar-refractivity contribution in [3.8, 4) is 0 Å². The van der Waals surface area contributed by atoms with Crippen molar-refractivity contribution >= 4 is 17.7 Å². The van der Waals surface area contributed by atoms with Crippen LogP contribution in [-0.4, -0.2) is 5.91 Å². The minimum Gasteiger partial charge on any atom is -0.468 e. The van der Waals surface area contributed by atoms with Gasteiger partial charge in [0.1, 0.15) is 5.76 Å². The first-order chi connectivity index (χ1) is 5.70. The molecule has 0 radical (unpaired) electrons. The Bertz CT molecular complexity index is 304. The topological polar surface area (TPSA) is 56.2 Å². The first kappa shape index (κ1) is 8.93. The van der Waals surface area contributed by atoms with Crippen molar-refractivity contribution in [1.29, 1.82) is 0 Å². The molecule has 3 nitrogen and oxygen atoms in total. The summed E-state index contributed by atoms with van der Waals surface area (Å²) in [5.74, 6) is 0.401. The number of carbonyl (C=O) groups is 1. The lowest BCUT2D eigenvalue weighted by Crippen LogP contribution is -2.04. The van der Waals surface area contributed by atoms with Crippen molar-refractivity contribution in [2.75, 3.05) is 0 Å². The van der Waals surface area contributed by atoms with Crippen molar-refractivity contribution in [2.24, 2.45) is 5.73 Å². The van der Waals surface area contributed by atoms with E-state index in [0.717, 1.165) is 10.7 Å². The molecule has 0 saturated carbocycles. The molecule has 0 unspecified atom stereocenters. The average Bonchev–Trinajstić information content (AvgIpc) is 2.36. The van der Waals surface area contributed by atoms with Gasteiger partial charge in [0, 0.05) is 6.08 Å². The molecule has 0 aliphatic heterocycles. The van der Waals surface area contributed by atoms with E-state index in [1.54, 1.807) is 11.7 Å². The molecule has 0 bridgehead atoms. The van der Waals surface area contributed by atoms with E-state index in [0.29, 0.717) is 0 Å². The lowest BCUT2D eigenvalue weighted by molar-refractivity contribution is -0.113. The first-order valence-electron chi connectivity index (χ1n) is 3.37. The monoisotopic (exact) mass is 183 g/mol. The number of hydrogen-bond donors (Lipinski definition) is 1. The van der Waals surface area contributed by atoms with Crippen LogP contribution in [0.3, 0.4) is 0 Å². The van der Waals surface area contributed by atoms with E-state index < -0.39 is 5.91 Å². The quantitative estimate of drug-likeness (QED) is 0.573. The van der Waals surface area contributed by atoms with Crippen LogP contribution >= 0.6 is 11.8 Å². The van der Waals surface area contributed by atoms with Crippen LogP contribution in [0.15, 0.2) is 33.1 Å². The van der Waals surface area contributed by atoms with Gasteiger partial charge < -0.3 is 10.2 Å². The van der Waals surface area contributed by atoms with Gasteiger partial charge in [-0.2, -0.15) is 0 Å². The minimum atomic E-state index is -0.441. The van der Waals surface area contributed by atoms with Crippen molar-refractivity contribution in [1.82, 2.24) is 0 Å². The summed E-state index contributed by atoms with van der Waals surface area (Å²) in [6, 6.07) is 1.84. The number of nitrogens with two attached hydrogens (primary N) is 1. The Morgan fingerprint density at radius 1 is 1.75 bits per heavy atom. The van der Waals surface area contributed by atoms with Gasteiger partial charge in [0.2, 0.25) is 5.91 Å². The van der Waals surface area contributed by atoms with Crippen LogP contribution in [0.25, 0.3) is 0 Å². The third-order valence-corrected chi connectivity index (χ3v) is 2.19. The Hall–Kier alpha value is -1.16. The average molecular weight is 183 g/mol. The Morgan fingerprint density at radius 3 is 3.00 bits per heavy atom. The third kappa shape index (κ3) is 2.47. The molecule has 0 atom stereocenters. The second-order valence-electron chi connectivity index (χ2n) is 2.16. The maximum atomic E-state index is 10.3. The molecule has 2 N–H and O–H groups in total. The smallest absolute Gasteiger partial charge is 0.241 e. The Kier molecular flexibility index (Phi) is 2.99. The van der Waals surface area contributed by atoms with Gasteiger partial charge in [-0.1, -0.05) is 11.8 Å². The summed E-state index contributed by atoms with van der Waals surface area (Å²) in [5, 5.41) is 1.64. The number of primary amides is 1. The molecule has 1 heterocycles. The highest BCUT2D eigenvalue weighted by Crippen LogP contribution is 2.23. The summed E-state index contributed by atoms with van der Waals surface area (Å²) >= 11 is 1.41. The van der Waals surface area contributed by atoms with Gasteiger partial charge in [-0.15, -0.1) is 0 Å². The zero-order valence-electron chi connectivity index (χ0n) is 6.61. The molecule has 12 heavy (non-hydrogen) atoms. The van der Waals surface area contributed by atoms with Gasteiger partial charge in [0.05, 0.1) is 11.2 Å². The Morgan fingerprint density at radius 2 is 2.50 bits per heavy atom. The second kappa shape index (κ2) is 4.01. The van der Waals surface area contributed by atoms with Gasteiger partial charge in [-0.3, -0.25) is 4.79 Å². The van der Waals surface area contributed by atoms with Crippen LogP contribution in [0.1, 0.15) is 5.76 Å². The molecule has 0 aliphatic carbocycles. The summed E-state index contributed by atoms with van der Waals surface area (Å²) in [4.78, 5) is 11.3. The molecule has 0 spiro atoms. The highest BCUT2D eigenvalue weighted by atomic mass is 32.2. The molecule has 1 amide bonds. The zero-order valence-corrected chi connectivity index (χ0v) is 7.43. The number of amides is 1. The van der Waals surface area contributed by atoms with Gasteiger partial charge in [-0.25, -0.2) is 0 Å². The highest BCUT2D eigenvalue weighted by molar-refractivity contribution is 8.02. The van der Waals surface area contributed by atoms with E-state index in [9.17, 15) is 4.79 Å². The normalized spacial score (nSPS) is 10.8. The van der Waals surface area contributed by atoms with Crippen LogP contribution in [0.4, 0.5) is 0 Å². The molecule has 1 rings (SSSR count). The predicted octanol–water partition coefficient (Wildman–Crippen LogP) is 1.68. The fraction of sp³-hybridized carbons (Fsp3) is 0.125. The lowest BCUT2D eigenvalue weighted by atomic mass is 10.5. The molecule has 64 valence electrons. The predicted molar refractivity (Wildman–Crippen MR) is 47.6 cm³/mol. The fourth-order valence-electron chi connectivity index (χ4n) is 0.670. The van der Waals surface area contributed by atoms with Gasteiger partial charge in [0.15, 0.2) is 0 Å². The zero-order chi connectivity index (χ0) is 8.97. The summed E-state index contributed by atoms with van der Waals surface area (Å²) in [6.07, 6.45) is 2.92. The van der Waals surface area contributed by atoms with Crippen molar-refractivity contribution in [3.05, 3.63) is 29.6 Å². The molecule has 4 heteroatoms. The van der Waals surface area contributed by atoms with Gasteiger partial charge in [0.25, 0.3) is 0 Å². The molecule has 0 aliphatic rings. The number of thioether (sulfide) groups is 1. The van der Waals surface area contributed by atoms with E-state index >= 15 is 0 Å². The van der Waals surface area contributed by atoms with Crippen LogP contribution in [-0.2, 0) is 4.79 Å². The number of hydrogen-bond acceptors (Lipinski definition) is 3. The fourth-order valence-corrected chi connectivity index (χ4v) is 1.37. The van der Waals surface area contributed by atoms with Crippen LogP contribution in [0, 0.1) is 6.92 Å². The molecule has 0 aromatic carbocycles. The molecule has 1 aromatic heterocycles. The number of aryl methyl sites for hydroxylation is 1. The summed E-state index contributed by atoms with van der Waals surface area (Å²) in [6.45, 7) is 1.86. The van der Waals surface area contributed by atoms with Crippen molar-refractivity contribution in [3.63, 3.8) is 0 Å². The number of carbonyl (C=O) groups excluding carboxylic acids is 1. The van der Waals surface area contributed by atoms with Crippen molar-refractivity contribution in [2.45, 2.75) is 11.8 Å². The van der Waals surface area contributed by atoms with E-state index in [-0.39, 0.29) is 0 Å². The van der Waals surface area contributed by atoms with Crippen LogP contribution in [0.2, 0.25) is 0 Å². The largest absolute Gasteiger partial charge is 0.468 e. The summed E-state index contributed by atoms with van der Waals surface area (Å²) in [7, 11) is 0.